The first-order valence-corrected chi connectivity index (χ1v) is 5.69. The van der Waals surface area contributed by atoms with Gasteiger partial charge in [0.1, 0.15) is 0 Å². The summed E-state index contributed by atoms with van der Waals surface area (Å²) in [7, 11) is 0. The fourth-order valence-electron chi connectivity index (χ4n) is 1.87. The molecule has 1 N–H and O–H groups in total. The van der Waals surface area contributed by atoms with Crippen molar-refractivity contribution < 1.29 is 4.74 Å². The van der Waals surface area contributed by atoms with Crippen LogP contribution in [-0.2, 0) is 4.74 Å². The lowest BCUT2D eigenvalue weighted by Crippen LogP contribution is -2.26. The highest BCUT2D eigenvalue weighted by Crippen LogP contribution is 2.24. The van der Waals surface area contributed by atoms with Crippen LogP contribution in [0.1, 0.15) is 18.9 Å². The van der Waals surface area contributed by atoms with Crippen molar-refractivity contribution in [2.24, 2.45) is 0 Å². The van der Waals surface area contributed by atoms with Crippen LogP contribution in [0.3, 0.4) is 0 Å². The standard InChI is InChI=1S/C12H16ClNO/c1-8-3-4-10(13)7-12(8)14-11-5-6-15-9(11)2/h3-4,7,9,11,14H,5-6H2,1-2H3/t9-,11-/m0/s1. The minimum absolute atomic E-state index is 0.281. The van der Waals surface area contributed by atoms with Gasteiger partial charge in [-0.2, -0.15) is 0 Å². The van der Waals surface area contributed by atoms with Crippen molar-refractivity contribution in [2.45, 2.75) is 32.4 Å². The molecule has 2 nitrogen and oxygen atoms in total. The summed E-state index contributed by atoms with van der Waals surface area (Å²) in [6.07, 6.45) is 1.34. The second-order valence-electron chi connectivity index (χ2n) is 4.07. The molecule has 1 aromatic rings. The molecule has 0 radical (unpaired) electrons. The van der Waals surface area contributed by atoms with Gasteiger partial charge in [-0.1, -0.05) is 17.7 Å². The van der Waals surface area contributed by atoms with Crippen LogP contribution in [0.15, 0.2) is 18.2 Å². The van der Waals surface area contributed by atoms with Crippen molar-refractivity contribution in [2.75, 3.05) is 11.9 Å². The maximum Gasteiger partial charge on any atom is 0.0748 e. The Hall–Kier alpha value is -0.730. The van der Waals surface area contributed by atoms with E-state index in [1.807, 2.05) is 18.2 Å². The fourth-order valence-corrected chi connectivity index (χ4v) is 2.04. The molecule has 1 aromatic carbocycles. The van der Waals surface area contributed by atoms with Crippen LogP contribution in [0.5, 0.6) is 0 Å². The molecule has 0 aliphatic carbocycles. The quantitative estimate of drug-likeness (QED) is 0.835. The van der Waals surface area contributed by atoms with Gasteiger partial charge in [0, 0.05) is 17.3 Å². The summed E-state index contributed by atoms with van der Waals surface area (Å²) in [5.41, 5.74) is 2.34. The van der Waals surface area contributed by atoms with Gasteiger partial charge in [0.15, 0.2) is 0 Å². The molecule has 82 valence electrons. The molecule has 0 aromatic heterocycles. The summed E-state index contributed by atoms with van der Waals surface area (Å²) in [6.45, 7) is 5.03. The summed E-state index contributed by atoms with van der Waals surface area (Å²) in [4.78, 5) is 0. The van der Waals surface area contributed by atoms with Crippen LogP contribution in [0.2, 0.25) is 5.02 Å². The molecule has 1 saturated heterocycles. The average Bonchev–Trinajstić information content (AvgIpc) is 2.58. The van der Waals surface area contributed by atoms with Crippen molar-refractivity contribution in [1.82, 2.24) is 0 Å². The first-order valence-electron chi connectivity index (χ1n) is 5.31. The number of rotatable bonds is 2. The van der Waals surface area contributed by atoms with E-state index in [1.165, 1.54) is 5.56 Å². The molecular formula is C12H16ClNO. The van der Waals surface area contributed by atoms with E-state index >= 15 is 0 Å². The lowest BCUT2D eigenvalue weighted by molar-refractivity contribution is 0.121. The lowest BCUT2D eigenvalue weighted by Gasteiger charge is -2.19. The summed E-state index contributed by atoms with van der Waals surface area (Å²) in [5, 5.41) is 4.26. The Morgan fingerprint density at radius 1 is 1.47 bits per heavy atom. The number of hydrogen-bond acceptors (Lipinski definition) is 2. The first kappa shape index (κ1) is 10.8. The highest BCUT2D eigenvalue weighted by molar-refractivity contribution is 6.30. The van der Waals surface area contributed by atoms with E-state index in [0.29, 0.717) is 6.04 Å². The Bertz CT molecular complexity index is 353. The zero-order chi connectivity index (χ0) is 10.8. The molecule has 1 aliphatic rings. The van der Waals surface area contributed by atoms with E-state index in [4.69, 9.17) is 16.3 Å². The van der Waals surface area contributed by atoms with Gasteiger partial charge in [-0.25, -0.2) is 0 Å². The van der Waals surface area contributed by atoms with Crippen molar-refractivity contribution in [3.63, 3.8) is 0 Å². The van der Waals surface area contributed by atoms with Gasteiger partial charge >= 0.3 is 0 Å². The molecule has 0 spiro atoms. The minimum atomic E-state index is 0.281. The molecule has 0 bridgehead atoms. The van der Waals surface area contributed by atoms with Gasteiger partial charge in [0.05, 0.1) is 12.1 Å². The zero-order valence-corrected chi connectivity index (χ0v) is 9.84. The average molecular weight is 226 g/mol. The van der Waals surface area contributed by atoms with E-state index in [9.17, 15) is 0 Å². The third-order valence-electron chi connectivity index (χ3n) is 2.92. The van der Waals surface area contributed by atoms with Crippen molar-refractivity contribution in [3.05, 3.63) is 28.8 Å². The minimum Gasteiger partial charge on any atom is -0.379 e. The van der Waals surface area contributed by atoms with Gasteiger partial charge in [-0.15, -0.1) is 0 Å². The van der Waals surface area contributed by atoms with Crippen molar-refractivity contribution >= 4 is 17.3 Å². The smallest absolute Gasteiger partial charge is 0.0748 e. The zero-order valence-electron chi connectivity index (χ0n) is 9.09. The molecule has 0 unspecified atom stereocenters. The van der Waals surface area contributed by atoms with E-state index in [1.54, 1.807) is 0 Å². The summed E-state index contributed by atoms with van der Waals surface area (Å²) in [5.74, 6) is 0. The molecule has 0 amide bonds. The second kappa shape index (κ2) is 4.42. The summed E-state index contributed by atoms with van der Waals surface area (Å²) in [6, 6.07) is 6.33. The van der Waals surface area contributed by atoms with Gasteiger partial charge in [-0.3, -0.25) is 0 Å². The fraction of sp³-hybridized carbons (Fsp3) is 0.500. The van der Waals surface area contributed by atoms with E-state index in [2.05, 4.69) is 19.2 Å². The SMILES string of the molecule is Cc1ccc(Cl)cc1N[C@H]1CCO[C@H]1C. The molecular weight excluding hydrogens is 210 g/mol. The number of halogens is 1. The predicted octanol–water partition coefficient (Wildman–Crippen LogP) is 3.24. The van der Waals surface area contributed by atoms with Crippen LogP contribution in [-0.4, -0.2) is 18.8 Å². The number of ether oxygens (including phenoxy) is 1. The highest BCUT2D eigenvalue weighted by Gasteiger charge is 2.24. The second-order valence-corrected chi connectivity index (χ2v) is 4.51. The summed E-state index contributed by atoms with van der Waals surface area (Å²) >= 11 is 5.97. The number of nitrogens with one attached hydrogen (secondary N) is 1. The molecule has 2 rings (SSSR count). The monoisotopic (exact) mass is 225 g/mol. The third-order valence-corrected chi connectivity index (χ3v) is 3.15. The van der Waals surface area contributed by atoms with Crippen LogP contribution < -0.4 is 5.32 Å². The molecule has 1 fully saturated rings. The Morgan fingerprint density at radius 3 is 2.93 bits per heavy atom. The normalized spacial score (nSPS) is 25.5. The molecule has 1 aliphatic heterocycles. The number of benzene rings is 1. The highest BCUT2D eigenvalue weighted by atomic mass is 35.5. The number of aryl methyl sites for hydroxylation is 1. The van der Waals surface area contributed by atoms with Crippen LogP contribution in [0, 0.1) is 6.92 Å². The third kappa shape index (κ3) is 2.44. The van der Waals surface area contributed by atoms with Gasteiger partial charge < -0.3 is 10.1 Å². The predicted molar refractivity (Wildman–Crippen MR) is 63.6 cm³/mol. The van der Waals surface area contributed by atoms with Crippen molar-refractivity contribution in [3.8, 4) is 0 Å². The van der Waals surface area contributed by atoms with Gasteiger partial charge in [-0.05, 0) is 38.0 Å². The summed E-state index contributed by atoms with van der Waals surface area (Å²) < 4.78 is 5.51. The van der Waals surface area contributed by atoms with Crippen molar-refractivity contribution in [1.29, 1.82) is 0 Å². The molecule has 15 heavy (non-hydrogen) atoms. The largest absolute Gasteiger partial charge is 0.379 e. The van der Waals surface area contributed by atoms with Crippen LogP contribution in [0.4, 0.5) is 5.69 Å². The topological polar surface area (TPSA) is 21.3 Å². The first-order chi connectivity index (χ1) is 7.16. The van der Waals surface area contributed by atoms with E-state index in [0.717, 1.165) is 23.7 Å². The number of hydrogen-bond donors (Lipinski definition) is 1. The molecule has 2 atom stereocenters. The molecule has 1 heterocycles. The lowest BCUT2D eigenvalue weighted by atomic mass is 10.1. The maximum atomic E-state index is 5.97. The van der Waals surface area contributed by atoms with E-state index in [-0.39, 0.29) is 6.10 Å². The Labute approximate surface area is 95.6 Å². The molecule has 3 heteroatoms. The Morgan fingerprint density at radius 2 is 2.27 bits per heavy atom. The van der Waals surface area contributed by atoms with Gasteiger partial charge in [0.25, 0.3) is 0 Å². The maximum absolute atomic E-state index is 5.97. The molecule has 0 saturated carbocycles. The van der Waals surface area contributed by atoms with E-state index < -0.39 is 0 Å². The van der Waals surface area contributed by atoms with Gasteiger partial charge in [0.2, 0.25) is 0 Å². The Balaban J connectivity index is 2.12. The van der Waals surface area contributed by atoms with Crippen LogP contribution >= 0.6 is 11.6 Å². The Kier molecular flexibility index (Phi) is 3.17. The van der Waals surface area contributed by atoms with Crippen LogP contribution in [0.25, 0.3) is 0 Å². The number of anilines is 1.